The second-order valence-electron chi connectivity index (χ2n) is 8.01. The first-order valence-electron chi connectivity index (χ1n) is 9.90. The van der Waals surface area contributed by atoms with Crippen LogP contribution in [0.15, 0.2) is 24.3 Å². The molecule has 2 amide bonds. The van der Waals surface area contributed by atoms with Crippen molar-refractivity contribution in [2.75, 3.05) is 11.9 Å². The van der Waals surface area contributed by atoms with Gasteiger partial charge >= 0.3 is 0 Å². The molecule has 2 N–H and O–H groups in total. The highest BCUT2D eigenvalue weighted by Gasteiger charge is 2.65. The molecule has 0 radical (unpaired) electrons. The van der Waals surface area contributed by atoms with Gasteiger partial charge in [0, 0.05) is 22.2 Å². The minimum Gasteiger partial charge on any atom is -0.349 e. The van der Waals surface area contributed by atoms with Crippen molar-refractivity contribution in [3.8, 4) is 0 Å². The van der Waals surface area contributed by atoms with Gasteiger partial charge in [0.2, 0.25) is 11.8 Å². The van der Waals surface area contributed by atoms with E-state index < -0.39 is 5.54 Å². The number of thiazole rings is 1. The number of carbonyl (C=O) groups excluding carboxylic acids is 2. The fraction of sp³-hybridized carbons (Fsp3) is 0.476. The predicted octanol–water partition coefficient (Wildman–Crippen LogP) is 2.71. The van der Waals surface area contributed by atoms with Crippen molar-refractivity contribution < 1.29 is 9.59 Å². The van der Waals surface area contributed by atoms with E-state index >= 15 is 0 Å². The molecule has 0 unspecified atom stereocenters. The maximum atomic E-state index is 13.3. The Bertz CT molecular complexity index is 952. The summed E-state index contributed by atoms with van der Waals surface area (Å²) in [5, 5.41) is 7.03. The molecule has 0 aliphatic carbocycles. The van der Waals surface area contributed by atoms with Gasteiger partial charge in [0.1, 0.15) is 10.5 Å². The van der Waals surface area contributed by atoms with Gasteiger partial charge in [-0.1, -0.05) is 18.2 Å². The number of amides is 2. The molecule has 3 aliphatic heterocycles. The van der Waals surface area contributed by atoms with E-state index in [1.54, 1.807) is 11.3 Å². The van der Waals surface area contributed by atoms with Crippen LogP contribution in [0.5, 0.6) is 0 Å². The third kappa shape index (κ3) is 2.39. The topological polar surface area (TPSA) is 74.3 Å². The Morgan fingerprint density at radius 3 is 3.00 bits per heavy atom. The lowest BCUT2D eigenvalue weighted by atomic mass is 9.78. The standard InChI is InChI=1S/C21H24N4O2S/c1-12-13(2)28-18(23-12)11-22-19(26)16-10-14-6-5-9-25(14)21(16)15-7-3-4-8-17(15)24-20(21)27/h3-4,7-8,14,16H,5-6,9-11H2,1-2H3,(H,22,26)(H,24,27)/t14-,16+,21+/m1/s1. The number of rotatable bonds is 3. The summed E-state index contributed by atoms with van der Waals surface area (Å²) in [7, 11) is 0. The number of aromatic nitrogens is 1. The first-order chi connectivity index (χ1) is 13.5. The molecule has 0 bridgehead atoms. The minimum absolute atomic E-state index is 0.0493. The van der Waals surface area contributed by atoms with Gasteiger partial charge in [0.15, 0.2) is 0 Å². The van der Waals surface area contributed by atoms with E-state index in [1.807, 2.05) is 38.1 Å². The highest BCUT2D eigenvalue weighted by atomic mass is 32.1. The van der Waals surface area contributed by atoms with Crippen LogP contribution in [0, 0.1) is 19.8 Å². The maximum absolute atomic E-state index is 13.3. The summed E-state index contributed by atoms with van der Waals surface area (Å²) >= 11 is 1.61. The van der Waals surface area contributed by atoms with E-state index in [4.69, 9.17) is 0 Å². The number of nitrogens with zero attached hydrogens (tertiary/aromatic N) is 2. The van der Waals surface area contributed by atoms with Gasteiger partial charge in [0.25, 0.3) is 0 Å². The molecular formula is C21H24N4O2S. The third-order valence-corrected chi connectivity index (χ3v) is 7.65. The predicted molar refractivity (Wildman–Crippen MR) is 108 cm³/mol. The van der Waals surface area contributed by atoms with Gasteiger partial charge in [-0.05, 0) is 45.7 Å². The zero-order valence-corrected chi connectivity index (χ0v) is 16.9. The molecular weight excluding hydrogens is 372 g/mol. The average molecular weight is 397 g/mol. The monoisotopic (exact) mass is 396 g/mol. The second-order valence-corrected chi connectivity index (χ2v) is 9.30. The van der Waals surface area contributed by atoms with Crippen molar-refractivity contribution in [1.29, 1.82) is 0 Å². The van der Waals surface area contributed by atoms with Crippen LogP contribution in [0.2, 0.25) is 0 Å². The van der Waals surface area contributed by atoms with Crippen LogP contribution < -0.4 is 10.6 Å². The van der Waals surface area contributed by atoms with E-state index in [0.29, 0.717) is 6.54 Å². The average Bonchev–Trinajstić information content (AvgIpc) is 3.40. The highest BCUT2D eigenvalue weighted by Crippen LogP contribution is 2.55. The molecule has 1 aromatic carbocycles. The zero-order valence-electron chi connectivity index (χ0n) is 16.1. The molecule has 2 saturated heterocycles. The summed E-state index contributed by atoms with van der Waals surface area (Å²) in [4.78, 5) is 34.6. The molecule has 2 fully saturated rings. The van der Waals surface area contributed by atoms with Gasteiger partial charge < -0.3 is 10.6 Å². The van der Waals surface area contributed by atoms with E-state index in [0.717, 1.165) is 47.8 Å². The smallest absolute Gasteiger partial charge is 0.250 e. The minimum atomic E-state index is -0.878. The molecule has 3 aliphatic rings. The van der Waals surface area contributed by atoms with Gasteiger partial charge in [-0.3, -0.25) is 14.5 Å². The van der Waals surface area contributed by atoms with Crippen molar-refractivity contribution in [1.82, 2.24) is 15.2 Å². The van der Waals surface area contributed by atoms with E-state index in [2.05, 4.69) is 20.5 Å². The second kappa shape index (κ2) is 6.39. The quantitative estimate of drug-likeness (QED) is 0.837. The number of hydrogen-bond acceptors (Lipinski definition) is 5. The lowest BCUT2D eigenvalue weighted by Crippen LogP contribution is -2.54. The fourth-order valence-electron chi connectivity index (χ4n) is 5.28. The first-order valence-corrected chi connectivity index (χ1v) is 10.7. The third-order valence-electron chi connectivity index (χ3n) is 6.58. The Balaban J connectivity index is 1.48. The van der Waals surface area contributed by atoms with Crippen LogP contribution in [0.4, 0.5) is 5.69 Å². The van der Waals surface area contributed by atoms with Crippen molar-refractivity contribution >= 4 is 28.8 Å². The number of para-hydroxylation sites is 1. The summed E-state index contributed by atoms with van der Waals surface area (Å²) in [5.74, 6) is -0.491. The van der Waals surface area contributed by atoms with E-state index in [-0.39, 0.29) is 23.8 Å². The summed E-state index contributed by atoms with van der Waals surface area (Å²) in [5.41, 5.74) is 1.92. The lowest BCUT2D eigenvalue weighted by Gasteiger charge is -2.36. The van der Waals surface area contributed by atoms with Gasteiger partial charge in [-0.25, -0.2) is 4.98 Å². The van der Waals surface area contributed by atoms with Crippen LogP contribution in [0.25, 0.3) is 0 Å². The van der Waals surface area contributed by atoms with Crippen molar-refractivity contribution in [2.24, 2.45) is 5.92 Å². The van der Waals surface area contributed by atoms with Crippen LogP contribution >= 0.6 is 11.3 Å². The van der Waals surface area contributed by atoms with Crippen LogP contribution in [-0.2, 0) is 21.7 Å². The largest absolute Gasteiger partial charge is 0.349 e. The molecule has 28 heavy (non-hydrogen) atoms. The Morgan fingerprint density at radius 1 is 1.39 bits per heavy atom. The summed E-state index contributed by atoms with van der Waals surface area (Å²) in [6.07, 6.45) is 2.85. The Labute approximate surface area is 168 Å². The van der Waals surface area contributed by atoms with Crippen LogP contribution in [0.1, 0.15) is 40.4 Å². The number of nitrogens with one attached hydrogen (secondary N) is 2. The summed E-state index contributed by atoms with van der Waals surface area (Å²) < 4.78 is 0. The highest BCUT2D eigenvalue weighted by molar-refractivity contribution is 7.11. The number of anilines is 1. The normalized spacial score (nSPS) is 28.4. The summed E-state index contributed by atoms with van der Waals surface area (Å²) in [6.45, 7) is 5.30. The van der Waals surface area contributed by atoms with E-state index in [1.165, 1.54) is 4.88 Å². The Morgan fingerprint density at radius 2 is 2.21 bits per heavy atom. The number of benzene rings is 1. The van der Waals surface area contributed by atoms with Gasteiger partial charge in [0.05, 0.1) is 18.2 Å². The van der Waals surface area contributed by atoms with Crippen molar-refractivity contribution in [3.05, 3.63) is 45.4 Å². The lowest BCUT2D eigenvalue weighted by molar-refractivity contribution is -0.137. The molecule has 1 spiro atoms. The van der Waals surface area contributed by atoms with Crippen molar-refractivity contribution in [2.45, 2.75) is 51.2 Å². The molecule has 3 atom stereocenters. The molecule has 4 heterocycles. The molecule has 7 heteroatoms. The number of carbonyl (C=O) groups is 2. The van der Waals surface area contributed by atoms with Crippen molar-refractivity contribution in [3.63, 3.8) is 0 Å². The molecule has 146 valence electrons. The summed E-state index contributed by atoms with van der Waals surface area (Å²) in [6, 6.07) is 8.11. The Kier molecular flexibility index (Phi) is 4.07. The number of hydrogen-bond donors (Lipinski definition) is 2. The first kappa shape index (κ1) is 17.8. The van der Waals surface area contributed by atoms with Gasteiger partial charge in [-0.2, -0.15) is 0 Å². The Hall–Kier alpha value is -2.25. The molecule has 2 aromatic rings. The molecule has 0 saturated carbocycles. The van der Waals surface area contributed by atoms with Crippen LogP contribution in [-0.4, -0.2) is 34.3 Å². The molecule has 6 nitrogen and oxygen atoms in total. The SMILES string of the molecule is Cc1nc(CNC(=O)[C@@H]2C[C@H]3CCCN3[C@]23C(=O)Nc2ccccc23)sc1C. The van der Waals surface area contributed by atoms with E-state index in [9.17, 15) is 9.59 Å². The fourth-order valence-corrected chi connectivity index (χ4v) is 6.15. The number of fused-ring (bicyclic) bond motifs is 4. The molecule has 1 aromatic heterocycles. The number of aryl methyl sites for hydroxylation is 2. The van der Waals surface area contributed by atoms with Crippen LogP contribution in [0.3, 0.4) is 0 Å². The zero-order chi connectivity index (χ0) is 19.5. The maximum Gasteiger partial charge on any atom is 0.250 e. The molecule has 5 rings (SSSR count). The van der Waals surface area contributed by atoms with Gasteiger partial charge in [-0.15, -0.1) is 11.3 Å².